The van der Waals surface area contributed by atoms with Crippen molar-refractivity contribution in [1.29, 1.82) is 0 Å². The molecule has 0 aliphatic heterocycles. The van der Waals surface area contributed by atoms with Gasteiger partial charge < -0.3 is 19.8 Å². The molecular weight excluding hydrogens is 1040 g/mol. The van der Waals surface area contributed by atoms with Crippen molar-refractivity contribution in [2.24, 2.45) is 0 Å². The van der Waals surface area contributed by atoms with Gasteiger partial charge in [0.15, 0.2) is 0 Å². The highest BCUT2D eigenvalue weighted by Crippen LogP contribution is 2.43. The molecule has 3 N–H and O–H groups in total. The Morgan fingerprint density at radius 2 is 0.687 bits per heavy atom. The number of unbranched alkanes of at least 4 members (excludes halogenated alkanes) is 50. The Kier molecular flexibility index (Phi) is 64.2. The number of phosphoric acid groups is 1. The molecule has 0 aliphatic rings. The van der Waals surface area contributed by atoms with Crippen LogP contribution in [0.1, 0.15) is 380 Å². The molecule has 0 fully saturated rings. The van der Waals surface area contributed by atoms with Crippen LogP contribution < -0.4 is 5.32 Å². The van der Waals surface area contributed by atoms with Crippen molar-refractivity contribution in [3.63, 3.8) is 0 Å². The van der Waals surface area contributed by atoms with Gasteiger partial charge in [0.05, 0.1) is 39.9 Å². The Hall–Kier alpha value is -1.28. The molecule has 0 saturated carbocycles. The summed E-state index contributed by atoms with van der Waals surface area (Å²) >= 11 is 0. The number of aliphatic hydroxyl groups excluding tert-OH is 1. The Morgan fingerprint density at radius 3 is 1.00 bits per heavy atom. The lowest BCUT2D eigenvalue weighted by molar-refractivity contribution is -0.870. The van der Waals surface area contributed by atoms with Crippen LogP contribution in [0.4, 0.5) is 0 Å². The first kappa shape index (κ1) is 81.7. The van der Waals surface area contributed by atoms with Crippen LogP contribution >= 0.6 is 7.82 Å². The number of quaternary nitrogens is 1. The number of hydrogen-bond donors (Lipinski definition) is 3. The number of allylic oxidation sites excluding steroid dienone is 6. The summed E-state index contributed by atoms with van der Waals surface area (Å²) in [6.45, 7) is 4.94. The zero-order valence-electron chi connectivity index (χ0n) is 56.5. The van der Waals surface area contributed by atoms with Crippen LogP contribution in [0, 0.1) is 0 Å². The van der Waals surface area contributed by atoms with Gasteiger partial charge in [0.25, 0.3) is 0 Å². The van der Waals surface area contributed by atoms with Crippen molar-refractivity contribution >= 4 is 13.7 Å². The number of rotatable bonds is 69. The van der Waals surface area contributed by atoms with Gasteiger partial charge in [-0.15, -0.1) is 0 Å². The first-order valence-corrected chi connectivity index (χ1v) is 38.3. The third-order valence-electron chi connectivity index (χ3n) is 17.1. The molecule has 0 rings (SSSR count). The summed E-state index contributed by atoms with van der Waals surface area (Å²) in [4.78, 5) is 23.5. The number of carbonyl (C=O) groups excluding carboxylic acids is 1. The Labute approximate surface area is 518 Å². The van der Waals surface area contributed by atoms with E-state index in [4.69, 9.17) is 9.05 Å². The molecular formula is C74H146N2O6P+. The van der Waals surface area contributed by atoms with E-state index in [1.165, 1.54) is 302 Å². The second kappa shape index (κ2) is 65.2. The summed E-state index contributed by atoms with van der Waals surface area (Å²) in [7, 11) is 1.64. The normalized spacial score (nSPS) is 13.8. The number of amides is 1. The fraction of sp³-hybridized carbons (Fsp3) is 0.905. The second-order valence-corrected chi connectivity index (χ2v) is 28.1. The van der Waals surface area contributed by atoms with Crippen LogP contribution in [0.2, 0.25) is 0 Å². The molecule has 9 heteroatoms. The Balaban J connectivity index is 3.96. The van der Waals surface area contributed by atoms with Gasteiger partial charge in [-0.3, -0.25) is 13.8 Å². The molecule has 3 unspecified atom stereocenters. The van der Waals surface area contributed by atoms with E-state index in [9.17, 15) is 19.4 Å². The van der Waals surface area contributed by atoms with E-state index >= 15 is 0 Å². The number of aliphatic hydroxyl groups is 1. The minimum absolute atomic E-state index is 0.0770. The summed E-state index contributed by atoms with van der Waals surface area (Å²) in [5.41, 5.74) is 0. The van der Waals surface area contributed by atoms with Crippen molar-refractivity contribution in [2.75, 3.05) is 40.9 Å². The van der Waals surface area contributed by atoms with E-state index in [1.807, 2.05) is 21.1 Å². The van der Waals surface area contributed by atoms with Gasteiger partial charge in [-0.1, -0.05) is 359 Å². The van der Waals surface area contributed by atoms with Gasteiger partial charge in [-0.2, -0.15) is 0 Å². The molecule has 0 bridgehead atoms. The number of hydrogen-bond acceptors (Lipinski definition) is 5. The predicted molar refractivity (Wildman–Crippen MR) is 365 cm³/mol. The number of nitrogens with one attached hydrogen (secondary N) is 1. The van der Waals surface area contributed by atoms with Gasteiger partial charge >= 0.3 is 7.82 Å². The van der Waals surface area contributed by atoms with E-state index in [0.29, 0.717) is 23.9 Å². The molecule has 8 nitrogen and oxygen atoms in total. The van der Waals surface area contributed by atoms with Crippen LogP contribution in [0.15, 0.2) is 36.5 Å². The monoisotopic (exact) mass is 1190 g/mol. The number of likely N-dealkylation sites (N-methyl/N-ethyl adjacent to an activating group) is 1. The lowest BCUT2D eigenvalue weighted by Gasteiger charge is -2.26. The summed E-state index contributed by atoms with van der Waals surface area (Å²) < 4.78 is 23.9. The topological polar surface area (TPSA) is 105 Å². The van der Waals surface area contributed by atoms with E-state index in [0.717, 1.165) is 51.4 Å². The molecule has 1 amide bonds. The Bertz CT molecular complexity index is 1450. The SMILES string of the molecule is CCCCCCC/C=C\C/C=C\C/C=C\CCCCCCCCCCCCCCCCCCCCCCC(=O)NC(COP(=O)(O)OCC[N+](C)(C)C)C(O)CCCCCCCCCCCCCCCCCCCCCCCCCCCC. The van der Waals surface area contributed by atoms with Crippen molar-refractivity contribution in [1.82, 2.24) is 5.32 Å². The summed E-state index contributed by atoms with van der Waals surface area (Å²) in [5, 5.41) is 14.2. The third-order valence-corrected chi connectivity index (χ3v) is 18.1. The first-order valence-electron chi connectivity index (χ1n) is 36.9. The molecule has 0 aromatic heterocycles. The summed E-state index contributed by atoms with van der Waals surface area (Å²) in [5.74, 6) is -0.136. The molecule has 0 saturated heterocycles. The molecule has 3 atom stereocenters. The van der Waals surface area contributed by atoms with Crippen LogP contribution in [-0.2, 0) is 18.4 Å². The molecule has 83 heavy (non-hydrogen) atoms. The van der Waals surface area contributed by atoms with Crippen molar-refractivity contribution in [3.8, 4) is 0 Å². The maximum atomic E-state index is 13.1. The fourth-order valence-corrected chi connectivity index (χ4v) is 12.1. The molecule has 0 aromatic carbocycles. The summed E-state index contributed by atoms with van der Waals surface area (Å²) in [6.07, 6.45) is 86.9. The highest BCUT2D eigenvalue weighted by molar-refractivity contribution is 7.47. The molecule has 492 valence electrons. The molecule has 0 radical (unpaired) electrons. The molecule has 0 aromatic rings. The van der Waals surface area contributed by atoms with Gasteiger partial charge in [-0.05, 0) is 51.4 Å². The van der Waals surface area contributed by atoms with Crippen LogP contribution in [0.5, 0.6) is 0 Å². The number of nitrogens with zero attached hydrogens (tertiary/aromatic N) is 1. The molecule has 0 spiro atoms. The van der Waals surface area contributed by atoms with E-state index in [-0.39, 0.29) is 19.1 Å². The molecule has 0 aliphatic carbocycles. The van der Waals surface area contributed by atoms with Crippen LogP contribution in [-0.4, -0.2) is 73.4 Å². The minimum atomic E-state index is -4.33. The van der Waals surface area contributed by atoms with Crippen LogP contribution in [0.3, 0.4) is 0 Å². The predicted octanol–water partition coefficient (Wildman–Crippen LogP) is 23.6. The lowest BCUT2D eigenvalue weighted by atomic mass is 10.0. The highest BCUT2D eigenvalue weighted by atomic mass is 31.2. The smallest absolute Gasteiger partial charge is 0.391 e. The molecule has 0 heterocycles. The average Bonchev–Trinajstić information content (AvgIpc) is 3.49. The second-order valence-electron chi connectivity index (χ2n) is 26.7. The van der Waals surface area contributed by atoms with Gasteiger partial charge in [0, 0.05) is 6.42 Å². The van der Waals surface area contributed by atoms with Gasteiger partial charge in [0.1, 0.15) is 13.2 Å². The largest absolute Gasteiger partial charge is 0.472 e. The van der Waals surface area contributed by atoms with E-state index in [2.05, 4.69) is 55.6 Å². The summed E-state index contributed by atoms with van der Waals surface area (Å²) in [6, 6.07) is -0.761. The Morgan fingerprint density at radius 1 is 0.410 bits per heavy atom. The number of phosphoric ester groups is 1. The lowest BCUT2D eigenvalue weighted by Crippen LogP contribution is -2.46. The fourth-order valence-electron chi connectivity index (χ4n) is 11.4. The zero-order chi connectivity index (χ0) is 60.5. The van der Waals surface area contributed by atoms with E-state index in [1.54, 1.807) is 0 Å². The zero-order valence-corrected chi connectivity index (χ0v) is 57.4. The highest BCUT2D eigenvalue weighted by Gasteiger charge is 2.28. The third kappa shape index (κ3) is 68.1. The number of carbonyl (C=O) groups is 1. The van der Waals surface area contributed by atoms with Crippen molar-refractivity contribution in [3.05, 3.63) is 36.5 Å². The minimum Gasteiger partial charge on any atom is -0.391 e. The maximum absolute atomic E-state index is 13.1. The maximum Gasteiger partial charge on any atom is 0.472 e. The van der Waals surface area contributed by atoms with E-state index < -0.39 is 20.0 Å². The van der Waals surface area contributed by atoms with Crippen LogP contribution in [0.25, 0.3) is 0 Å². The van der Waals surface area contributed by atoms with Crippen molar-refractivity contribution in [2.45, 2.75) is 392 Å². The quantitative estimate of drug-likeness (QED) is 0.0243. The average molecular weight is 1190 g/mol. The first-order chi connectivity index (χ1) is 40.5. The van der Waals surface area contributed by atoms with Gasteiger partial charge in [0.2, 0.25) is 5.91 Å². The standard InChI is InChI=1S/C74H145N2O6P/c1-6-8-10-12-14-16-18-20-22-24-26-28-30-32-34-35-36-37-38-39-40-41-42-44-46-48-50-52-54-56-58-60-62-64-66-68-74(78)75-72(71-82-83(79,80)81-70-69-76(3,4)5)73(77)67-65-63-61-59-57-55-53-51-49-47-45-43-33-31-29-27-25-23-21-19-17-15-13-11-9-7-2/h18,20,24,26,30,32,72-73,77H,6-17,19,21-23,25,27-29,31,33-71H2,1-5H3,(H-,75,78,79,80)/p+1/b20-18-,26-24-,32-30-. The van der Waals surface area contributed by atoms with Gasteiger partial charge in [-0.25, -0.2) is 4.57 Å². The van der Waals surface area contributed by atoms with Crippen molar-refractivity contribution < 1.29 is 32.9 Å².